The summed E-state index contributed by atoms with van der Waals surface area (Å²) in [6.45, 7) is 3.55. The first-order chi connectivity index (χ1) is 16.3. The third-order valence-electron chi connectivity index (χ3n) is 5.20. The van der Waals surface area contributed by atoms with Crippen molar-refractivity contribution in [3.8, 4) is 0 Å². The van der Waals surface area contributed by atoms with Crippen molar-refractivity contribution in [2.45, 2.75) is 63.7 Å². The van der Waals surface area contributed by atoms with E-state index in [1.807, 2.05) is 6.92 Å². The lowest BCUT2D eigenvalue weighted by Gasteiger charge is -2.25. The van der Waals surface area contributed by atoms with E-state index in [1.165, 1.54) is 12.5 Å². The van der Waals surface area contributed by atoms with Crippen LogP contribution < -0.4 is 27.4 Å². The van der Waals surface area contributed by atoms with E-state index in [9.17, 15) is 33.9 Å². The van der Waals surface area contributed by atoms with Crippen LogP contribution >= 0.6 is 0 Å². The molecule has 0 saturated carbocycles. The number of carboxylic acid groups (broad SMARTS) is 2. The van der Waals surface area contributed by atoms with Crippen molar-refractivity contribution in [2.75, 3.05) is 0 Å². The number of imidazole rings is 1. The van der Waals surface area contributed by atoms with Crippen molar-refractivity contribution < 1.29 is 39.0 Å². The molecular weight excluding hydrogens is 466 g/mol. The number of aromatic nitrogens is 2. The number of carbonyl (C=O) groups excluding carboxylic acids is 4. The van der Waals surface area contributed by atoms with Gasteiger partial charge in [0.25, 0.3) is 0 Å². The Hall–Kier alpha value is -4.01. The SMILES string of the molecule is CCC(C)C(N)C(=O)NC(CC(N)=O)C(=O)NC(Cc1cnc[nH]1)C(=O)NC(CC(=O)O)C(=O)O. The van der Waals surface area contributed by atoms with Gasteiger partial charge in [0, 0.05) is 18.3 Å². The van der Waals surface area contributed by atoms with Gasteiger partial charge in [-0.3, -0.25) is 24.0 Å². The highest BCUT2D eigenvalue weighted by molar-refractivity contribution is 5.96. The molecule has 0 bridgehead atoms. The Labute approximate surface area is 200 Å². The number of carbonyl (C=O) groups is 6. The number of hydrogen-bond acceptors (Lipinski definition) is 8. The Morgan fingerprint density at radius 3 is 2.03 bits per heavy atom. The molecule has 0 aliphatic rings. The van der Waals surface area contributed by atoms with Crippen molar-refractivity contribution in [1.82, 2.24) is 25.9 Å². The highest BCUT2D eigenvalue weighted by Gasteiger charge is 2.32. The molecular formula is C20H31N7O8. The fraction of sp³-hybridized carbons (Fsp3) is 0.550. The number of nitrogens with zero attached hydrogens (tertiary/aromatic N) is 1. The van der Waals surface area contributed by atoms with Crippen LogP contribution in [0.2, 0.25) is 0 Å². The highest BCUT2D eigenvalue weighted by Crippen LogP contribution is 2.07. The van der Waals surface area contributed by atoms with Gasteiger partial charge < -0.3 is 42.6 Å². The van der Waals surface area contributed by atoms with Crippen LogP contribution in [0.1, 0.15) is 38.8 Å². The summed E-state index contributed by atoms with van der Waals surface area (Å²) in [6.07, 6.45) is 1.55. The first-order valence-electron chi connectivity index (χ1n) is 10.7. The Kier molecular flexibility index (Phi) is 11.3. The third-order valence-corrected chi connectivity index (χ3v) is 5.20. The van der Waals surface area contributed by atoms with Crippen molar-refractivity contribution in [2.24, 2.45) is 17.4 Å². The van der Waals surface area contributed by atoms with E-state index in [0.29, 0.717) is 12.1 Å². The molecule has 0 radical (unpaired) electrons. The molecule has 15 nitrogen and oxygen atoms in total. The number of amides is 4. The first kappa shape index (κ1) is 29.0. The molecule has 4 amide bonds. The number of aromatic amines is 1. The Balaban J connectivity index is 3.10. The Morgan fingerprint density at radius 2 is 1.54 bits per heavy atom. The molecule has 1 rings (SSSR count). The third kappa shape index (κ3) is 9.79. The number of carboxylic acids is 2. The van der Waals surface area contributed by atoms with Gasteiger partial charge in [-0.25, -0.2) is 9.78 Å². The number of nitrogens with two attached hydrogens (primary N) is 2. The summed E-state index contributed by atoms with van der Waals surface area (Å²) in [5, 5.41) is 24.8. The van der Waals surface area contributed by atoms with Gasteiger partial charge in [0.2, 0.25) is 23.6 Å². The summed E-state index contributed by atoms with van der Waals surface area (Å²) in [4.78, 5) is 78.4. The van der Waals surface area contributed by atoms with Gasteiger partial charge in [-0.2, -0.15) is 0 Å². The predicted molar refractivity (Wildman–Crippen MR) is 119 cm³/mol. The molecule has 10 N–H and O–H groups in total. The molecule has 5 atom stereocenters. The van der Waals surface area contributed by atoms with Gasteiger partial charge in [0.1, 0.15) is 18.1 Å². The number of primary amides is 1. The second-order valence-electron chi connectivity index (χ2n) is 7.98. The molecule has 15 heteroatoms. The van der Waals surface area contributed by atoms with Crippen LogP contribution in [0.15, 0.2) is 12.5 Å². The standard InChI is InChI=1S/C20H31N7O8/c1-3-9(2)16(22)19(33)26-12(5-14(21)28)18(32)25-11(4-10-7-23-8-24-10)17(31)27-13(20(34)35)6-15(29)30/h7-9,11-13,16H,3-6,22H2,1-2H3,(H2,21,28)(H,23,24)(H,25,32)(H,26,33)(H,27,31)(H,29,30)(H,34,35). The minimum Gasteiger partial charge on any atom is -0.481 e. The molecule has 5 unspecified atom stereocenters. The zero-order valence-corrected chi connectivity index (χ0v) is 19.3. The Bertz CT molecular complexity index is 921. The summed E-state index contributed by atoms with van der Waals surface area (Å²) >= 11 is 0. The van der Waals surface area contributed by atoms with Crippen molar-refractivity contribution in [1.29, 1.82) is 0 Å². The van der Waals surface area contributed by atoms with Crippen LogP contribution in [-0.2, 0) is 35.2 Å². The second kappa shape index (κ2) is 13.6. The van der Waals surface area contributed by atoms with E-state index >= 15 is 0 Å². The molecule has 1 aromatic heterocycles. The maximum Gasteiger partial charge on any atom is 0.326 e. The molecule has 0 saturated heterocycles. The number of hydrogen-bond donors (Lipinski definition) is 8. The van der Waals surface area contributed by atoms with Gasteiger partial charge in [0.15, 0.2) is 0 Å². The summed E-state index contributed by atoms with van der Waals surface area (Å²) in [5.41, 5.74) is 11.5. The topological polar surface area (TPSA) is 260 Å². The fourth-order valence-electron chi connectivity index (χ4n) is 2.94. The van der Waals surface area contributed by atoms with E-state index in [4.69, 9.17) is 16.6 Å². The van der Waals surface area contributed by atoms with Crippen LogP contribution in [-0.4, -0.2) is 79.9 Å². The monoisotopic (exact) mass is 497 g/mol. The lowest BCUT2D eigenvalue weighted by molar-refractivity contribution is -0.147. The molecule has 1 aromatic rings. The predicted octanol–water partition coefficient (Wildman–Crippen LogP) is -2.79. The average molecular weight is 498 g/mol. The first-order valence-corrected chi connectivity index (χ1v) is 10.7. The van der Waals surface area contributed by atoms with Crippen molar-refractivity contribution in [3.63, 3.8) is 0 Å². The van der Waals surface area contributed by atoms with Crippen LogP contribution in [0.25, 0.3) is 0 Å². The number of nitrogens with one attached hydrogen (secondary N) is 4. The van der Waals surface area contributed by atoms with E-state index in [2.05, 4.69) is 25.9 Å². The quantitative estimate of drug-likeness (QED) is 0.123. The molecule has 1 heterocycles. The van der Waals surface area contributed by atoms with Crippen LogP contribution in [0.5, 0.6) is 0 Å². The minimum atomic E-state index is -1.77. The summed E-state index contributed by atoms with van der Waals surface area (Å²) in [5.74, 6) is -6.88. The number of rotatable bonds is 15. The number of aliphatic carboxylic acids is 2. The second-order valence-corrected chi connectivity index (χ2v) is 7.98. The summed E-state index contributed by atoms with van der Waals surface area (Å²) in [6, 6.07) is -5.63. The summed E-state index contributed by atoms with van der Waals surface area (Å²) in [7, 11) is 0. The molecule has 194 valence electrons. The van der Waals surface area contributed by atoms with E-state index in [0.717, 1.165) is 0 Å². The Morgan fingerprint density at radius 1 is 0.971 bits per heavy atom. The van der Waals surface area contributed by atoms with E-state index in [-0.39, 0.29) is 12.3 Å². The molecule has 0 aliphatic heterocycles. The van der Waals surface area contributed by atoms with Crippen molar-refractivity contribution >= 4 is 35.6 Å². The van der Waals surface area contributed by atoms with Gasteiger partial charge in [-0.1, -0.05) is 20.3 Å². The maximum atomic E-state index is 12.9. The maximum absolute atomic E-state index is 12.9. The molecule has 0 spiro atoms. The van der Waals surface area contributed by atoms with E-state index < -0.39 is 72.6 Å². The fourth-order valence-corrected chi connectivity index (χ4v) is 2.94. The van der Waals surface area contributed by atoms with Gasteiger partial charge in [-0.05, 0) is 5.92 Å². The number of H-pyrrole nitrogens is 1. The normalized spacial score (nSPS) is 15.1. The highest BCUT2D eigenvalue weighted by atomic mass is 16.4. The zero-order valence-electron chi connectivity index (χ0n) is 19.3. The van der Waals surface area contributed by atoms with Crippen LogP contribution in [0.4, 0.5) is 0 Å². The lowest BCUT2D eigenvalue weighted by atomic mass is 9.99. The van der Waals surface area contributed by atoms with Crippen LogP contribution in [0, 0.1) is 5.92 Å². The summed E-state index contributed by atoms with van der Waals surface area (Å²) < 4.78 is 0. The zero-order chi connectivity index (χ0) is 26.7. The average Bonchev–Trinajstić information content (AvgIpc) is 3.28. The van der Waals surface area contributed by atoms with E-state index in [1.54, 1.807) is 6.92 Å². The largest absolute Gasteiger partial charge is 0.481 e. The molecule has 0 aromatic carbocycles. The molecule has 0 aliphatic carbocycles. The smallest absolute Gasteiger partial charge is 0.326 e. The van der Waals surface area contributed by atoms with Gasteiger partial charge >= 0.3 is 11.9 Å². The lowest BCUT2D eigenvalue weighted by Crippen LogP contribution is -2.58. The molecule has 0 fully saturated rings. The van der Waals surface area contributed by atoms with Gasteiger partial charge in [0.05, 0.1) is 25.2 Å². The minimum absolute atomic E-state index is 0.194. The van der Waals surface area contributed by atoms with Crippen molar-refractivity contribution in [3.05, 3.63) is 18.2 Å². The van der Waals surface area contributed by atoms with Crippen LogP contribution in [0.3, 0.4) is 0 Å². The molecule has 35 heavy (non-hydrogen) atoms. The van der Waals surface area contributed by atoms with Gasteiger partial charge in [-0.15, -0.1) is 0 Å².